The van der Waals surface area contributed by atoms with Crippen molar-refractivity contribution in [2.24, 2.45) is 0 Å². The van der Waals surface area contributed by atoms with Gasteiger partial charge < -0.3 is 5.32 Å². The molecule has 1 nitrogen and oxygen atoms in total. The molecule has 0 aliphatic heterocycles. The van der Waals surface area contributed by atoms with E-state index < -0.39 is 0 Å². The summed E-state index contributed by atoms with van der Waals surface area (Å²) in [6, 6.07) is 9.07. The molecule has 0 saturated heterocycles. The molecule has 0 radical (unpaired) electrons. The Balaban J connectivity index is 2.51. The van der Waals surface area contributed by atoms with Crippen LogP contribution in [-0.2, 0) is 0 Å². The zero-order valence-electron chi connectivity index (χ0n) is 11.9. The van der Waals surface area contributed by atoms with Crippen LogP contribution in [0.25, 0.3) is 0 Å². The molecule has 0 bridgehead atoms. The van der Waals surface area contributed by atoms with E-state index in [2.05, 4.69) is 73.2 Å². The zero-order chi connectivity index (χ0) is 14.0. The van der Waals surface area contributed by atoms with Gasteiger partial charge in [0.25, 0.3) is 0 Å². The SMILES string of the molecule is CCNC(c1cc(Br)c(C)s1)c1c(C)cccc1C. The van der Waals surface area contributed by atoms with Gasteiger partial charge in [-0.25, -0.2) is 0 Å². The Bertz CT molecular complexity index is 534. The van der Waals surface area contributed by atoms with Gasteiger partial charge in [0.2, 0.25) is 0 Å². The van der Waals surface area contributed by atoms with Crippen molar-refractivity contribution in [3.63, 3.8) is 0 Å². The van der Waals surface area contributed by atoms with Crippen molar-refractivity contribution in [3.05, 3.63) is 55.2 Å². The number of hydrogen-bond acceptors (Lipinski definition) is 2. The number of aryl methyl sites for hydroxylation is 3. The van der Waals surface area contributed by atoms with Crippen molar-refractivity contribution in [3.8, 4) is 0 Å². The fourth-order valence-corrected chi connectivity index (χ4v) is 4.10. The second-order valence-electron chi connectivity index (χ2n) is 4.85. The van der Waals surface area contributed by atoms with Gasteiger partial charge in [-0.15, -0.1) is 11.3 Å². The van der Waals surface area contributed by atoms with Crippen LogP contribution in [0.3, 0.4) is 0 Å². The Morgan fingerprint density at radius 1 is 1.21 bits per heavy atom. The molecule has 2 aromatic rings. The van der Waals surface area contributed by atoms with Crippen LogP contribution in [0.2, 0.25) is 0 Å². The number of halogens is 1. The maximum absolute atomic E-state index is 3.63. The van der Waals surface area contributed by atoms with Crippen LogP contribution in [0.1, 0.15) is 39.4 Å². The highest BCUT2D eigenvalue weighted by molar-refractivity contribution is 9.10. The maximum Gasteiger partial charge on any atom is 0.0676 e. The largest absolute Gasteiger partial charge is 0.306 e. The van der Waals surface area contributed by atoms with E-state index in [1.54, 1.807) is 0 Å². The fourth-order valence-electron chi connectivity index (χ4n) is 2.46. The number of hydrogen-bond donors (Lipinski definition) is 1. The molecule has 0 aliphatic rings. The molecule has 0 spiro atoms. The van der Waals surface area contributed by atoms with E-state index in [1.807, 2.05) is 11.3 Å². The van der Waals surface area contributed by atoms with Gasteiger partial charge in [-0.2, -0.15) is 0 Å². The van der Waals surface area contributed by atoms with Crippen molar-refractivity contribution in [1.29, 1.82) is 0 Å². The van der Waals surface area contributed by atoms with Crippen LogP contribution in [-0.4, -0.2) is 6.54 Å². The van der Waals surface area contributed by atoms with Crippen LogP contribution in [0, 0.1) is 20.8 Å². The molecule has 0 aliphatic carbocycles. The van der Waals surface area contributed by atoms with Gasteiger partial charge in [-0.1, -0.05) is 25.1 Å². The van der Waals surface area contributed by atoms with E-state index in [0.717, 1.165) is 6.54 Å². The van der Waals surface area contributed by atoms with Gasteiger partial charge in [-0.05, 0) is 66.0 Å². The quantitative estimate of drug-likeness (QED) is 0.814. The first-order valence-electron chi connectivity index (χ1n) is 6.60. The summed E-state index contributed by atoms with van der Waals surface area (Å²) < 4.78 is 1.21. The molecule has 1 N–H and O–H groups in total. The van der Waals surface area contributed by atoms with Gasteiger partial charge in [-0.3, -0.25) is 0 Å². The summed E-state index contributed by atoms with van der Waals surface area (Å²) in [5.41, 5.74) is 4.12. The van der Waals surface area contributed by atoms with Crippen molar-refractivity contribution in [1.82, 2.24) is 5.32 Å². The van der Waals surface area contributed by atoms with E-state index >= 15 is 0 Å². The van der Waals surface area contributed by atoms with Crippen LogP contribution in [0.4, 0.5) is 0 Å². The highest BCUT2D eigenvalue weighted by atomic mass is 79.9. The highest BCUT2D eigenvalue weighted by Gasteiger charge is 2.19. The number of nitrogens with one attached hydrogen (secondary N) is 1. The molecule has 102 valence electrons. The summed E-state index contributed by atoms with van der Waals surface area (Å²) in [5, 5.41) is 3.63. The lowest BCUT2D eigenvalue weighted by molar-refractivity contribution is 0.633. The van der Waals surface area contributed by atoms with Gasteiger partial charge >= 0.3 is 0 Å². The summed E-state index contributed by atoms with van der Waals surface area (Å²) in [6.45, 7) is 9.68. The molecule has 3 heteroatoms. The second kappa shape index (κ2) is 6.21. The topological polar surface area (TPSA) is 12.0 Å². The van der Waals surface area contributed by atoms with E-state index in [0.29, 0.717) is 6.04 Å². The normalized spacial score (nSPS) is 12.7. The molecule has 1 unspecified atom stereocenters. The maximum atomic E-state index is 3.63. The smallest absolute Gasteiger partial charge is 0.0676 e. The second-order valence-corrected chi connectivity index (χ2v) is 6.99. The molecular weight excluding hydrogens is 318 g/mol. The molecule has 0 amide bonds. The molecule has 1 atom stereocenters. The van der Waals surface area contributed by atoms with Crippen LogP contribution >= 0.6 is 27.3 Å². The lowest BCUT2D eigenvalue weighted by atomic mass is 9.95. The van der Waals surface area contributed by atoms with E-state index in [-0.39, 0.29) is 0 Å². The molecular formula is C16H20BrNS. The molecule has 19 heavy (non-hydrogen) atoms. The Morgan fingerprint density at radius 3 is 2.32 bits per heavy atom. The Hall–Kier alpha value is -0.640. The first-order valence-corrected chi connectivity index (χ1v) is 8.20. The van der Waals surface area contributed by atoms with E-state index in [9.17, 15) is 0 Å². The average Bonchev–Trinajstić information content (AvgIpc) is 2.68. The summed E-state index contributed by atoms with van der Waals surface area (Å²) >= 11 is 5.49. The minimum atomic E-state index is 0.293. The third-order valence-corrected chi connectivity index (χ3v) is 5.60. The molecule has 2 rings (SSSR count). The van der Waals surface area contributed by atoms with Gasteiger partial charge in [0.15, 0.2) is 0 Å². The predicted octanol–water partition coefficient (Wildman–Crippen LogP) is 5.13. The average molecular weight is 338 g/mol. The highest BCUT2D eigenvalue weighted by Crippen LogP contribution is 2.35. The minimum Gasteiger partial charge on any atom is -0.306 e. The van der Waals surface area contributed by atoms with Crippen molar-refractivity contribution in [2.75, 3.05) is 6.54 Å². The molecule has 1 heterocycles. The monoisotopic (exact) mass is 337 g/mol. The molecule has 0 saturated carbocycles. The van der Waals surface area contributed by atoms with Crippen molar-refractivity contribution >= 4 is 27.3 Å². The first kappa shape index (κ1) is 14.8. The third-order valence-electron chi connectivity index (χ3n) is 3.40. The lowest BCUT2D eigenvalue weighted by Crippen LogP contribution is -2.22. The van der Waals surface area contributed by atoms with Gasteiger partial charge in [0.1, 0.15) is 0 Å². The van der Waals surface area contributed by atoms with Crippen LogP contribution in [0.15, 0.2) is 28.7 Å². The van der Waals surface area contributed by atoms with Crippen molar-refractivity contribution in [2.45, 2.75) is 33.7 Å². The Kier molecular flexibility index (Phi) is 4.82. The van der Waals surface area contributed by atoms with Crippen LogP contribution in [0.5, 0.6) is 0 Å². The standard InChI is InChI=1S/C16H20BrNS/c1-5-18-16(14-9-13(17)12(4)19-14)15-10(2)7-6-8-11(15)3/h6-9,16,18H,5H2,1-4H3. The minimum absolute atomic E-state index is 0.293. The number of benzene rings is 1. The van der Waals surface area contributed by atoms with E-state index in [4.69, 9.17) is 0 Å². The zero-order valence-corrected chi connectivity index (χ0v) is 14.3. The first-order chi connectivity index (χ1) is 9.04. The summed E-state index contributed by atoms with van der Waals surface area (Å²) in [7, 11) is 0. The molecule has 1 aromatic carbocycles. The molecule has 0 fully saturated rings. The van der Waals surface area contributed by atoms with Gasteiger partial charge in [0.05, 0.1) is 6.04 Å². The Morgan fingerprint density at radius 2 is 1.84 bits per heavy atom. The van der Waals surface area contributed by atoms with Crippen LogP contribution < -0.4 is 5.32 Å². The van der Waals surface area contributed by atoms with Crippen molar-refractivity contribution < 1.29 is 0 Å². The molecule has 1 aromatic heterocycles. The number of rotatable bonds is 4. The summed E-state index contributed by atoms with van der Waals surface area (Å²) in [5.74, 6) is 0. The summed E-state index contributed by atoms with van der Waals surface area (Å²) in [4.78, 5) is 2.72. The lowest BCUT2D eigenvalue weighted by Gasteiger charge is -2.21. The summed E-state index contributed by atoms with van der Waals surface area (Å²) in [6.07, 6.45) is 0. The fraction of sp³-hybridized carbons (Fsp3) is 0.375. The number of thiophene rings is 1. The van der Waals surface area contributed by atoms with E-state index in [1.165, 1.54) is 30.9 Å². The van der Waals surface area contributed by atoms with Gasteiger partial charge in [0, 0.05) is 14.2 Å². The third kappa shape index (κ3) is 3.10. The Labute approximate surface area is 128 Å². The predicted molar refractivity (Wildman–Crippen MR) is 88.2 cm³/mol.